The normalized spacial score (nSPS) is 14.9. The minimum atomic E-state index is -0.531. The number of nitrogens with zero attached hydrogens (tertiary/aromatic N) is 2. The lowest BCUT2D eigenvalue weighted by Gasteiger charge is -2.32. The predicted molar refractivity (Wildman–Crippen MR) is 131 cm³/mol. The van der Waals surface area contributed by atoms with E-state index in [1.54, 1.807) is 10.8 Å². The number of piperidine rings is 1. The highest BCUT2D eigenvalue weighted by Gasteiger charge is 2.21. The molecule has 0 saturated carbocycles. The first-order valence-electron chi connectivity index (χ1n) is 11.9. The van der Waals surface area contributed by atoms with E-state index >= 15 is 0 Å². The number of aromatic nitrogens is 1. The number of benzene rings is 1. The highest BCUT2D eigenvalue weighted by atomic mass is 16.2. The van der Waals surface area contributed by atoms with Crippen molar-refractivity contribution in [2.24, 2.45) is 5.92 Å². The highest BCUT2D eigenvalue weighted by Crippen LogP contribution is 2.27. The van der Waals surface area contributed by atoms with Crippen LogP contribution in [0.4, 0.5) is 0 Å². The molecule has 1 aromatic carbocycles. The summed E-state index contributed by atoms with van der Waals surface area (Å²) in [6, 6.07) is 10.6. The number of rotatable bonds is 9. The molecule has 1 fully saturated rings. The van der Waals surface area contributed by atoms with Gasteiger partial charge in [0.1, 0.15) is 11.1 Å². The summed E-state index contributed by atoms with van der Waals surface area (Å²) in [5, 5.41) is 5.37. The topological polar surface area (TPSA) is 83.4 Å². The quantitative estimate of drug-likeness (QED) is 0.613. The van der Waals surface area contributed by atoms with E-state index in [1.807, 2.05) is 6.07 Å². The van der Waals surface area contributed by atoms with Gasteiger partial charge in [0, 0.05) is 39.1 Å². The molecule has 33 heavy (non-hydrogen) atoms. The molecule has 178 valence electrons. The van der Waals surface area contributed by atoms with Crippen LogP contribution in [0.2, 0.25) is 0 Å². The zero-order valence-electron chi connectivity index (χ0n) is 20.0. The third kappa shape index (κ3) is 6.78. The van der Waals surface area contributed by atoms with E-state index in [2.05, 4.69) is 53.6 Å². The Balaban J connectivity index is 1.57. The minimum absolute atomic E-state index is 0.00288. The van der Waals surface area contributed by atoms with Crippen molar-refractivity contribution in [3.63, 3.8) is 0 Å². The molecule has 0 spiro atoms. The Bertz CT molecular complexity index is 992. The second kappa shape index (κ2) is 11.8. The fourth-order valence-electron chi connectivity index (χ4n) is 4.26. The molecule has 0 bridgehead atoms. The van der Waals surface area contributed by atoms with Crippen LogP contribution in [-0.2, 0) is 6.54 Å². The molecule has 1 aliphatic rings. The average molecular weight is 453 g/mol. The van der Waals surface area contributed by atoms with Crippen molar-refractivity contribution in [3.8, 4) is 0 Å². The second-order valence-electron chi connectivity index (χ2n) is 9.20. The van der Waals surface area contributed by atoms with Gasteiger partial charge in [-0.3, -0.25) is 14.4 Å². The van der Waals surface area contributed by atoms with E-state index in [0.29, 0.717) is 24.9 Å². The third-order valence-electron chi connectivity index (χ3n) is 6.33. The van der Waals surface area contributed by atoms with Gasteiger partial charge in [0.05, 0.1) is 0 Å². The third-order valence-corrected chi connectivity index (χ3v) is 6.33. The van der Waals surface area contributed by atoms with Crippen LogP contribution in [0.25, 0.3) is 0 Å². The van der Waals surface area contributed by atoms with Crippen molar-refractivity contribution in [1.29, 1.82) is 0 Å². The van der Waals surface area contributed by atoms with Crippen LogP contribution in [0, 0.1) is 5.92 Å². The molecule has 7 nitrogen and oxygen atoms in total. The molecule has 2 N–H and O–H groups in total. The first-order chi connectivity index (χ1) is 15.9. The lowest BCUT2D eigenvalue weighted by atomic mass is 9.89. The summed E-state index contributed by atoms with van der Waals surface area (Å²) in [7, 11) is 1.48. The highest BCUT2D eigenvalue weighted by molar-refractivity contribution is 5.99. The molecule has 0 aliphatic carbocycles. The monoisotopic (exact) mass is 452 g/mol. The number of carbonyl (C=O) groups is 2. The van der Waals surface area contributed by atoms with Crippen LogP contribution < -0.4 is 16.1 Å². The van der Waals surface area contributed by atoms with Crippen molar-refractivity contribution in [1.82, 2.24) is 20.1 Å². The Hall–Kier alpha value is -2.93. The van der Waals surface area contributed by atoms with Crippen LogP contribution in [0.1, 0.15) is 65.3 Å². The Morgan fingerprint density at radius 1 is 1.00 bits per heavy atom. The number of likely N-dealkylation sites (tertiary alicyclic amines) is 1. The van der Waals surface area contributed by atoms with Crippen molar-refractivity contribution < 1.29 is 9.59 Å². The molecule has 2 aromatic rings. The average Bonchev–Trinajstić information content (AvgIpc) is 2.83. The molecule has 0 unspecified atom stereocenters. The van der Waals surface area contributed by atoms with E-state index in [-0.39, 0.29) is 11.1 Å². The lowest BCUT2D eigenvalue weighted by molar-refractivity contribution is 0.0943. The summed E-state index contributed by atoms with van der Waals surface area (Å²) in [6.45, 7) is 8.04. The fourth-order valence-corrected chi connectivity index (χ4v) is 4.26. The molecular formula is C26H36N4O3. The van der Waals surface area contributed by atoms with Crippen LogP contribution in [0.15, 0.2) is 47.5 Å². The Morgan fingerprint density at radius 3 is 2.24 bits per heavy atom. The molecule has 7 heteroatoms. The number of aryl methyl sites for hydroxylation is 1. The SMILES string of the molecule is CNC(=O)c1cn(CCC(C)C)cc(C(=O)NCCN2CCC(c3ccccc3)CC2)c1=O. The van der Waals surface area contributed by atoms with Gasteiger partial charge in [0.2, 0.25) is 5.43 Å². The van der Waals surface area contributed by atoms with Crippen LogP contribution in [0.5, 0.6) is 0 Å². The van der Waals surface area contributed by atoms with Gasteiger partial charge in [-0.05, 0) is 49.8 Å². The van der Waals surface area contributed by atoms with E-state index < -0.39 is 17.2 Å². The number of hydrogen-bond acceptors (Lipinski definition) is 4. The van der Waals surface area contributed by atoms with Gasteiger partial charge in [-0.15, -0.1) is 0 Å². The standard InChI is InChI=1S/C26H36N4O3/c1-19(2)9-13-30-17-22(25(32)27-3)24(31)23(18-30)26(33)28-12-16-29-14-10-21(11-15-29)20-7-5-4-6-8-20/h4-8,17-19,21H,9-16H2,1-3H3,(H,27,32)(H,28,33). The van der Waals surface area contributed by atoms with Crippen LogP contribution in [-0.4, -0.2) is 54.5 Å². The summed E-state index contributed by atoms with van der Waals surface area (Å²) in [4.78, 5) is 40.1. The smallest absolute Gasteiger partial charge is 0.256 e. The molecule has 2 heterocycles. The van der Waals surface area contributed by atoms with Gasteiger partial charge >= 0.3 is 0 Å². The van der Waals surface area contributed by atoms with Crippen molar-refractivity contribution >= 4 is 11.8 Å². The van der Waals surface area contributed by atoms with Crippen molar-refractivity contribution in [3.05, 3.63) is 69.6 Å². The van der Waals surface area contributed by atoms with Gasteiger partial charge in [-0.25, -0.2) is 0 Å². The van der Waals surface area contributed by atoms with Gasteiger partial charge in [0.15, 0.2) is 0 Å². The maximum Gasteiger partial charge on any atom is 0.256 e. The number of hydrogen-bond donors (Lipinski definition) is 2. The Morgan fingerprint density at radius 2 is 1.64 bits per heavy atom. The second-order valence-corrected chi connectivity index (χ2v) is 9.20. The molecule has 1 aliphatic heterocycles. The zero-order chi connectivity index (χ0) is 23.8. The van der Waals surface area contributed by atoms with Crippen LogP contribution >= 0.6 is 0 Å². The summed E-state index contributed by atoms with van der Waals surface area (Å²) < 4.78 is 1.77. The molecule has 0 radical (unpaired) electrons. The van der Waals surface area contributed by atoms with E-state index in [9.17, 15) is 14.4 Å². The summed E-state index contributed by atoms with van der Waals surface area (Å²) in [5.41, 5.74) is 0.881. The summed E-state index contributed by atoms with van der Waals surface area (Å²) >= 11 is 0. The first-order valence-corrected chi connectivity index (χ1v) is 11.9. The molecule has 0 atom stereocenters. The van der Waals surface area contributed by atoms with Crippen molar-refractivity contribution in [2.45, 2.75) is 45.6 Å². The number of carbonyl (C=O) groups excluding carboxylic acids is 2. The van der Waals surface area contributed by atoms with E-state index in [0.717, 1.165) is 38.9 Å². The minimum Gasteiger partial charge on any atom is -0.355 e. The molecule has 1 aromatic heterocycles. The summed E-state index contributed by atoms with van der Waals surface area (Å²) in [6.07, 6.45) is 6.20. The van der Waals surface area contributed by atoms with Crippen molar-refractivity contribution in [2.75, 3.05) is 33.2 Å². The first kappa shape index (κ1) is 24.7. The van der Waals surface area contributed by atoms with Gasteiger partial charge in [0.25, 0.3) is 11.8 Å². The lowest BCUT2D eigenvalue weighted by Crippen LogP contribution is -2.40. The molecular weight excluding hydrogens is 416 g/mol. The fraction of sp³-hybridized carbons (Fsp3) is 0.500. The maximum atomic E-state index is 12.8. The van der Waals surface area contributed by atoms with E-state index in [1.165, 1.54) is 18.8 Å². The predicted octanol–water partition coefficient (Wildman–Crippen LogP) is 2.86. The molecule has 1 saturated heterocycles. The summed E-state index contributed by atoms with van der Waals surface area (Å²) in [5.74, 6) is 0.155. The van der Waals surface area contributed by atoms with Crippen LogP contribution in [0.3, 0.4) is 0 Å². The number of pyridine rings is 1. The van der Waals surface area contributed by atoms with Gasteiger partial charge < -0.3 is 20.1 Å². The Labute approximate surface area is 196 Å². The number of nitrogens with one attached hydrogen (secondary N) is 2. The molecule has 3 rings (SSSR count). The Kier molecular flexibility index (Phi) is 8.83. The number of amides is 2. The maximum absolute atomic E-state index is 12.8. The molecule has 2 amide bonds. The van der Waals surface area contributed by atoms with E-state index in [4.69, 9.17) is 0 Å². The largest absolute Gasteiger partial charge is 0.355 e. The zero-order valence-corrected chi connectivity index (χ0v) is 20.0. The van der Waals surface area contributed by atoms with Gasteiger partial charge in [-0.1, -0.05) is 44.2 Å². The van der Waals surface area contributed by atoms with Gasteiger partial charge in [-0.2, -0.15) is 0 Å².